The van der Waals surface area contributed by atoms with Gasteiger partial charge in [-0.05, 0) is 44.6 Å². The largest absolute Gasteiger partial charge is 0.480 e. The van der Waals surface area contributed by atoms with Gasteiger partial charge in [0.1, 0.15) is 6.04 Å². The van der Waals surface area contributed by atoms with E-state index in [1.54, 1.807) is 19.0 Å². The molecule has 1 aromatic rings. The highest BCUT2D eigenvalue weighted by molar-refractivity contribution is 6.31. The van der Waals surface area contributed by atoms with Crippen LogP contribution in [0.1, 0.15) is 11.1 Å². The van der Waals surface area contributed by atoms with Crippen molar-refractivity contribution in [2.24, 2.45) is 0 Å². The van der Waals surface area contributed by atoms with Crippen molar-refractivity contribution in [3.8, 4) is 0 Å². The number of likely N-dealkylation sites (N-methyl/N-ethyl adjacent to an activating group) is 1. The quantitative estimate of drug-likeness (QED) is 0.879. The number of rotatable bonds is 4. The Morgan fingerprint density at radius 2 is 2.12 bits per heavy atom. The molecule has 0 aliphatic rings. The number of carbonyl (C=O) groups is 1. The third-order valence-corrected chi connectivity index (χ3v) is 2.98. The second kappa shape index (κ2) is 5.32. The Bertz CT molecular complexity index is 391. The first-order chi connectivity index (χ1) is 7.41. The number of hydrogen-bond acceptors (Lipinski definition) is 2. The molecule has 4 heteroatoms. The summed E-state index contributed by atoms with van der Waals surface area (Å²) in [7, 11) is 3.52. The molecule has 0 amide bonds. The minimum atomic E-state index is -0.818. The summed E-state index contributed by atoms with van der Waals surface area (Å²) < 4.78 is 0. The normalized spacial score (nSPS) is 12.8. The molecular formula is C12H16ClNO2. The summed E-state index contributed by atoms with van der Waals surface area (Å²) in [5, 5.41) is 9.74. The molecule has 0 saturated carbocycles. The lowest BCUT2D eigenvalue weighted by molar-refractivity contribution is -0.142. The maximum atomic E-state index is 11.0. The van der Waals surface area contributed by atoms with Crippen molar-refractivity contribution in [2.75, 3.05) is 14.1 Å². The molecule has 1 rings (SSSR count). The Morgan fingerprint density at radius 3 is 2.56 bits per heavy atom. The third kappa shape index (κ3) is 3.22. The van der Waals surface area contributed by atoms with E-state index >= 15 is 0 Å². The molecule has 1 N–H and O–H groups in total. The van der Waals surface area contributed by atoms with Crippen LogP contribution in [0.3, 0.4) is 0 Å². The van der Waals surface area contributed by atoms with Gasteiger partial charge >= 0.3 is 5.97 Å². The highest BCUT2D eigenvalue weighted by Crippen LogP contribution is 2.18. The predicted molar refractivity (Wildman–Crippen MR) is 65.0 cm³/mol. The zero-order chi connectivity index (χ0) is 12.3. The molecule has 0 spiro atoms. The Morgan fingerprint density at radius 1 is 1.50 bits per heavy atom. The maximum absolute atomic E-state index is 11.0. The zero-order valence-corrected chi connectivity index (χ0v) is 10.5. The van der Waals surface area contributed by atoms with Crippen molar-refractivity contribution < 1.29 is 9.90 Å². The molecule has 3 nitrogen and oxygen atoms in total. The number of carboxylic acid groups (broad SMARTS) is 1. The van der Waals surface area contributed by atoms with Crippen LogP contribution in [0.25, 0.3) is 0 Å². The molecular weight excluding hydrogens is 226 g/mol. The van der Waals surface area contributed by atoms with Crippen LogP contribution >= 0.6 is 11.6 Å². The van der Waals surface area contributed by atoms with Crippen LogP contribution in [0.4, 0.5) is 0 Å². The van der Waals surface area contributed by atoms with E-state index in [-0.39, 0.29) is 0 Å². The fraction of sp³-hybridized carbons (Fsp3) is 0.417. The molecule has 0 saturated heterocycles. The van der Waals surface area contributed by atoms with E-state index in [2.05, 4.69) is 0 Å². The number of halogens is 1. The summed E-state index contributed by atoms with van der Waals surface area (Å²) in [5.74, 6) is -0.818. The minimum absolute atomic E-state index is 0.461. The third-order valence-electron chi connectivity index (χ3n) is 2.57. The van der Waals surface area contributed by atoms with Crippen LogP contribution in [0, 0.1) is 6.92 Å². The predicted octanol–water partition coefficient (Wildman–Crippen LogP) is 2.21. The van der Waals surface area contributed by atoms with Crippen LogP contribution in [0.2, 0.25) is 5.02 Å². The number of nitrogens with zero attached hydrogens (tertiary/aromatic N) is 1. The lowest BCUT2D eigenvalue weighted by Gasteiger charge is -2.20. The van der Waals surface area contributed by atoms with Gasteiger partial charge in [-0.2, -0.15) is 0 Å². The molecule has 0 bridgehead atoms. The lowest BCUT2D eigenvalue weighted by Crippen LogP contribution is -2.37. The molecule has 0 fully saturated rings. The monoisotopic (exact) mass is 241 g/mol. The van der Waals surface area contributed by atoms with E-state index in [0.717, 1.165) is 11.1 Å². The van der Waals surface area contributed by atoms with Crippen molar-refractivity contribution in [1.29, 1.82) is 0 Å². The first kappa shape index (κ1) is 13.0. The first-order valence-electron chi connectivity index (χ1n) is 5.06. The van der Waals surface area contributed by atoms with Gasteiger partial charge in [-0.15, -0.1) is 0 Å². The van der Waals surface area contributed by atoms with Gasteiger partial charge in [0.25, 0.3) is 0 Å². The van der Waals surface area contributed by atoms with Gasteiger partial charge in [0.05, 0.1) is 0 Å². The van der Waals surface area contributed by atoms with Crippen molar-refractivity contribution in [3.63, 3.8) is 0 Å². The molecule has 0 aromatic heterocycles. The van der Waals surface area contributed by atoms with E-state index in [9.17, 15) is 4.79 Å². The number of aryl methyl sites for hydroxylation is 1. The van der Waals surface area contributed by atoms with Crippen LogP contribution in [0.15, 0.2) is 18.2 Å². The van der Waals surface area contributed by atoms with Gasteiger partial charge in [0, 0.05) is 5.02 Å². The Hall–Kier alpha value is -1.06. The molecule has 1 aromatic carbocycles. The number of benzene rings is 1. The van der Waals surface area contributed by atoms with Gasteiger partial charge < -0.3 is 5.11 Å². The van der Waals surface area contributed by atoms with Crippen molar-refractivity contribution in [2.45, 2.75) is 19.4 Å². The van der Waals surface area contributed by atoms with Gasteiger partial charge in [-0.3, -0.25) is 9.69 Å². The summed E-state index contributed by atoms with van der Waals surface area (Å²) >= 11 is 6.00. The Balaban J connectivity index is 2.86. The van der Waals surface area contributed by atoms with E-state index in [1.807, 2.05) is 25.1 Å². The van der Waals surface area contributed by atoms with Crippen LogP contribution in [-0.4, -0.2) is 36.1 Å². The maximum Gasteiger partial charge on any atom is 0.321 e. The molecule has 16 heavy (non-hydrogen) atoms. The molecule has 0 heterocycles. The van der Waals surface area contributed by atoms with E-state index in [4.69, 9.17) is 16.7 Å². The summed E-state index contributed by atoms with van der Waals surface area (Å²) in [6.07, 6.45) is 0.461. The standard InChI is InChI=1S/C12H16ClNO2/c1-8-4-5-9(6-10(8)13)7-11(12(15)16)14(2)3/h4-6,11H,7H2,1-3H3,(H,15,16)/t11-/m1/s1. The SMILES string of the molecule is Cc1ccc(C[C@H](C(=O)O)N(C)C)cc1Cl. The van der Waals surface area contributed by atoms with Gasteiger partial charge in [-0.1, -0.05) is 23.7 Å². The smallest absolute Gasteiger partial charge is 0.321 e. The highest BCUT2D eigenvalue weighted by Gasteiger charge is 2.20. The second-order valence-electron chi connectivity index (χ2n) is 4.11. The second-order valence-corrected chi connectivity index (χ2v) is 4.51. The van der Waals surface area contributed by atoms with Crippen molar-refractivity contribution >= 4 is 17.6 Å². The average molecular weight is 242 g/mol. The van der Waals surface area contributed by atoms with Gasteiger partial charge in [0.2, 0.25) is 0 Å². The summed E-state index contributed by atoms with van der Waals surface area (Å²) in [6.45, 7) is 1.92. The fourth-order valence-electron chi connectivity index (χ4n) is 1.48. The molecule has 0 aliphatic heterocycles. The average Bonchev–Trinajstić information content (AvgIpc) is 2.18. The van der Waals surface area contributed by atoms with Crippen molar-refractivity contribution in [1.82, 2.24) is 4.90 Å². The van der Waals surface area contributed by atoms with Crippen molar-refractivity contribution in [3.05, 3.63) is 34.3 Å². The molecule has 88 valence electrons. The molecule has 0 unspecified atom stereocenters. The Kier molecular flexibility index (Phi) is 4.33. The summed E-state index contributed by atoms with van der Waals surface area (Å²) in [4.78, 5) is 12.7. The van der Waals surface area contributed by atoms with Crippen LogP contribution in [-0.2, 0) is 11.2 Å². The summed E-state index contributed by atoms with van der Waals surface area (Å²) in [6, 6.07) is 5.14. The van der Waals surface area contributed by atoms with Gasteiger partial charge in [0.15, 0.2) is 0 Å². The molecule has 0 radical (unpaired) electrons. The first-order valence-corrected chi connectivity index (χ1v) is 5.44. The van der Waals surface area contributed by atoms with Crippen LogP contribution in [0.5, 0.6) is 0 Å². The van der Waals surface area contributed by atoms with Gasteiger partial charge in [-0.25, -0.2) is 0 Å². The number of carboxylic acids is 1. The molecule has 1 atom stereocenters. The number of hydrogen-bond donors (Lipinski definition) is 1. The minimum Gasteiger partial charge on any atom is -0.480 e. The highest BCUT2D eigenvalue weighted by atomic mass is 35.5. The van der Waals surface area contributed by atoms with Crippen LogP contribution < -0.4 is 0 Å². The fourth-order valence-corrected chi connectivity index (χ4v) is 1.68. The number of aliphatic carboxylic acids is 1. The molecule has 0 aliphatic carbocycles. The van der Waals surface area contributed by atoms with E-state index in [0.29, 0.717) is 11.4 Å². The van der Waals surface area contributed by atoms with E-state index < -0.39 is 12.0 Å². The zero-order valence-electron chi connectivity index (χ0n) is 9.70. The lowest BCUT2D eigenvalue weighted by atomic mass is 10.0. The van der Waals surface area contributed by atoms with E-state index in [1.165, 1.54) is 0 Å². The topological polar surface area (TPSA) is 40.5 Å². The summed E-state index contributed by atoms with van der Waals surface area (Å²) in [5.41, 5.74) is 1.94. The Labute approximate surface area is 101 Å².